The number of phenols is 3. The highest BCUT2D eigenvalue weighted by molar-refractivity contribution is 9.10. The summed E-state index contributed by atoms with van der Waals surface area (Å²) < 4.78 is 16.5. The maximum atomic E-state index is 12.0. The summed E-state index contributed by atoms with van der Waals surface area (Å²) in [7, 11) is 0. The standard InChI is InChI=1S/C17H17ClN2O3.C16H14BrClN2O3.C16H16Cl2N2O2/c1-3-23-15-9-13(18)8-12(16(15)21)10-19-20-17(22)14-7-5-4-6-11(14)2;1-2-23-14-8-11(18)7-10(15(14)21)9-19-20-16(22)12-5-3-4-6-13(12)17;1-2-22-14-8-13(17)15(18)12(16(14)21)10-20-19-9-11-6-4-3-5-7-11/h4-10,21H,3H2,1-2H3,(H,20,22);3-9,21H,2H2,1H3,(H,20,22);3-8,10,19,21H,2,9H2,1H3/b19-10+;19-9+;20-10+. The number of rotatable bonds is 16. The number of nitrogens with zero attached hydrogens (tertiary/aromatic N) is 3. The van der Waals surface area contributed by atoms with E-state index in [9.17, 15) is 24.9 Å². The number of carbonyl (C=O) groups is 2. The van der Waals surface area contributed by atoms with Gasteiger partial charge < -0.3 is 35.0 Å². The van der Waals surface area contributed by atoms with E-state index in [0.29, 0.717) is 73.7 Å². The smallest absolute Gasteiger partial charge is 0.272 e. The number of ether oxygens (including phenoxy) is 3. The first kappa shape index (κ1) is 54.1. The number of hydrazone groups is 3. The van der Waals surface area contributed by atoms with Crippen molar-refractivity contribution in [3.8, 4) is 34.5 Å². The third-order valence-electron chi connectivity index (χ3n) is 8.89. The molecule has 0 aromatic heterocycles. The molecule has 14 nitrogen and oxygen atoms in total. The maximum Gasteiger partial charge on any atom is 0.272 e. The lowest BCUT2D eigenvalue weighted by atomic mass is 10.1. The second-order valence-electron chi connectivity index (χ2n) is 13.7. The van der Waals surface area contributed by atoms with Gasteiger partial charge in [0.25, 0.3) is 11.8 Å². The zero-order chi connectivity index (χ0) is 49.6. The molecule has 6 aromatic rings. The van der Waals surface area contributed by atoms with Crippen LogP contribution < -0.4 is 30.5 Å². The highest BCUT2D eigenvalue weighted by Gasteiger charge is 2.16. The molecule has 0 aliphatic carbocycles. The van der Waals surface area contributed by atoms with Crippen LogP contribution in [0, 0.1) is 6.92 Å². The third kappa shape index (κ3) is 16.4. The van der Waals surface area contributed by atoms with Crippen molar-refractivity contribution >= 4 is 92.8 Å². The molecule has 0 unspecified atom stereocenters. The summed E-state index contributed by atoms with van der Waals surface area (Å²) in [5, 5.41) is 43.4. The molecule has 6 rings (SSSR count). The van der Waals surface area contributed by atoms with Gasteiger partial charge >= 0.3 is 0 Å². The minimum absolute atomic E-state index is 0.0786. The first-order valence-electron chi connectivity index (χ1n) is 20.6. The first-order valence-corrected chi connectivity index (χ1v) is 22.9. The molecule has 0 bridgehead atoms. The summed E-state index contributed by atoms with van der Waals surface area (Å²) in [6.45, 7) is 9.02. The third-order valence-corrected chi connectivity index (χ3v) is 10.8. The molecule has 19 heteroatoms. The molecule has 6 N–H and O–H groups in total. The number of phenolic OH excluding ortho intramolecular Hbond substituents is 3. The Bertz CT molecular complexity index is 2620. The van der Waals surface area contributed by atoms with E-state index in [0.717, 1.165) is 11.1 Å². The van der Waals surface area contributed by atoms with Crippen LogP contribution in [0.4, 0.5) is 0 Å². The van der Waals surface area contributed by atoms with Gasteiger partial charge in [0.1, 0.15) is 0 Å². The molecule has 6 aromatic carbocycles. The van der Waals surface area contributed by atoms with Gasteiger partial charge in [-0.15, -0.1) is 0 Å². The molecule has 68 heavy (non-hydrogen) atoms. The predicted octanol–water partition coefficient (Wildman–Crippen LogP) is 11.7. The van der Waals surface area contributed by atoms with E-state index in [1.165, 1.54) is 49.0 Å². The monoisotopic (exact) mass is 1070 g/mol. The van der Waals surface area contributed by atoms with Gasteiger partial charge in [0.05, 0.1) is 66.2 Å². The van der Waals surface area contributed by atoms with Crippen LogP contribution in [-0.4, -0.2) is 65.6 Å². The van der Waals surface area contributed by atoms with Crippen molar-refractivity contribution in [2.24, 2.45) is 15.3 Å². The van der Waals surface area contributed by atoms with E-state index < -0.39 is 0 Å². The van der Waals surface area contributed by atoms with E-state index in [1.807, 2.05) is 62.4 Å². The quantitative estimate of drug-likeness (QED) is 0.0404. The van der Waals surface area contributed by atoms with Crippen molar-refractivity contribution in [2.45, 2.75) is 34.2 Å². The molecule has 0 fully saturated rings. The number of hydrogen-bond donors (Lipinski definition) is 6. The molecule has 2 amide bonds. The average molecular weight is 1070 g/mol. The molecule has 0 aliphatic rings. The van der Waals surface area contributed by atoms with E-state index in [1.54, 1.807) is 44.2 Å². The van der Waals surface area contributed by atoms with E-state index in [4.69, 9.17) is 60.6 Å². The van der Waals surface area contributed by atoms with E-state index in [2.05, 4.69) is 47.5 Å². The number of amides is 2. The van der Waals surface area contributed by atoms with Crippen molar-refractivity contribution in [1.29, 1.82) is 0 Å². The topological polar surface area (TPSA) is 196 Å². The van der Waals surface area contributed by atoms with Crippen molar-refractivity contribution in [1.82, 2.24) is 16.3 Å². The molecule has 0 radical (unpaired) electrons. The SMILES string of the molecule is CCOc1cc(Cl)c(Cl)c(/C=N/NCc2ccccc2)c1O.CCOc1cc(Cl)cc(/C=N/NC(=O)c2ccccc2Br)c1O.CCOc1cc(Cl)cc(/C=N/NC(=O)c2ccccc2C)c1O. The Kier molecular flexibility index (Phi) is 22.3. The molecule has 0 heterocycles. The Morgan fingerprint density at radius 1 is 0.603 bits per heavy atom. The fourth-order valence-electron chi connectivity index (χ4n) is 5.67. The zero-order valence-corrected chi connectivity index (χ0v) is 41.7. The molecular weight excluding hydrogens is 1020 g/mol. The number of halogens is 5. The van der Waals surface area contributed by atoms with Gasteiger partial charge in [-0.25, -0.2) is 10.9 Å². The number of nitrogens with one attached hydrogen (secondary N) is 3. The van der Waals surface area contributed by atoms with Gasteiger partial charge in [0.2, 0.25) is 0 Å². The molecule has 0 spiro atoms. The maximum absolute atomic E-state index is 12.0. The van der Waals surface area contributed by atoms with Gasteiger partial charge in [-0.1, -0.05) is 107 Å². The first-order chi connectivity index (χ1) is 32.7. The lowest BCUT2D eigenvalue weighted by Gasteiger charge is -2.10. The van der Waals surface area contributed by atoms with Gasteiger partial charge in [0, 0.05) is 49.4 Å². The normalized spacial score (nSPS) is 10.8. The Balaban J connectivity index is 0.000000222. The molecule has 0 saturated carbocycles. The van der Waals surface area contributed by atoms with Gasteiger partial charge in [-0.05, 0) is 85.1 Å². The largest absolute Gasteiger partial charge is 0.504 e. The van der Waals surface area contributed by atoms with Crippen LogP contribution in [0.2, 0.25) is 20.1 Å². The molecule has 0 atom stereocenters. The fraction of sp³-hybridized carbons (Fsp3) is 0.163. The minimum atomic E-state index is -0.375. The Hall–Kier alpha value is -6.49. The van der Waals surface area contributed by atoms with Crippen LogP contribution in [0.3, 0.4) is 0 Å². The Labute approximate surface area is 422 Å². The zero-order valence-electron chi connectivity index (χ0n) is 37.1. The van der Waals surface area contributed by atoms with Gasteiger partial charge in [0.15, 0.2) is 34.5 Å². The Morgan fingerprint density at radius 3 is 1.59 bits per heavy atom. The number of benzene rings is 6. The highest BCUT2D eigenvalue weighted by Crippen LogP contribution is 2.39. The van der Waals surface area contributed by atoms with Crippen LogP contribution in [-0.2, 0) is 6.54 Å². The van der Waals surface area contributed by atoms with Crippen LogP contribution in [0.5, 0.6) is 34.5 Å². The van der Waals surface area contributed by atoms with Crippen molar-refractivity contribution in [2.75, 3.05) is 19.8 Å². The van der Waals surface area contributed by atoms with Crippen LogP contribution in [0.1, 0.15) is 69.3 Å². The fourth-order valence-corrected chi connectivity index (χ4v) is 6.96. The molecular formula is C49H47BrCl4N6O8. The summed E-state index contributed by atoms with van der Waals surface area (Å²) in [5.41, 5.74) is 11.7. The van der Waals surface area contributed by atoms with Crippen LogP contribution in [0.25, 0.3) is 0 Å². The lowest BCUT2D eigenvalue weighted by Crippen LogP contribution is -2.18. The molecule has 356 valence electrons. The Morgan fingerprint density at radius 2 is 1.07 bits per heavy atom. The summed E-state index contributed by atoms with van der Waals surface area (Å²) in [4.78, 5) is 24.0. The second kappa shape index (κ2) is 28.0. The van der Waals surface area contributed by atoms with Gasteiger partial charge in [-0.2, -0.15) is 15.3 Å². The number of aryl methyl sites for hydroxylation is 1. The summed E-state index contributed by atoms with van der Waals surface area (Å²) >= 11 is 27.4. The predicted molar refractivity (Wildman–Crippen MR) is 274 cm³/mol. The lowest BCUT2D eigenvalue weighted by molar-refractivity contribution is 0.0946. The van der Waals surface area contributed by atoms with Crippen molar-refractivity contribution in [3.63, 3.8) is 0 Å². The van der Waals surface area contributed by atoms with Crippen molar-refractivity contribution < 1.29 is 39.1 Å². The number of aromatic hydroxyl groups is 3. The molecule has 0 aliphatic heterocycles. The van der Waals surface area contributed by atoms with Crippen molar-refractivity contribution in [3.05, 3.63) is 173 Å². The summed E-state index contributed by atoms with van der Waals surface area (Å²) in [6.07, 6.45) is 4.05. The highest BCUT2D eigenvalue weighted by atomic mass is 79.9. The number of carbonyl (C=O) groups excluding carboxylic acids is 2. The summed E-state index contributed by atoms with van der Waals surface area (Å²) in [5.74, 6) is -0.139. The van der Waals surface area contributed by atoms with Crippen LogP contribution in [0.15, 0.2) is 129 Å². The van der Waals surface area contributed by atoms with E-state index in [-0.39, 0.29) is 51.3 Å². The van der Waals surface area contributed by atoms with E-state index >= 15 is 0 Å². The second-order valence-corrected chi connectivity index (χ2v) is 16.2. The van der Waals surface area contributed by atoms with Gasteiger partial charge in [-0.3, -0.25) is 9.59 Å². The summed E-state index contributed by atoms with van der Waals surface area (Å²) in [6, 6.07) is 31.6. The average Bonchev–Trinajstić information content (AvgIpc) is 3.32. The minimum Gasteiger partial charge on any atom is -0.504 e. The van der Waals surface area contributed by atoms with Crippen LogP contribution >= 0.6 is 62.3 Å². The molecule has 0 saturated heterocycles. The number of hydrogen-bond acceptors (Lipinski definition) is 12.